The number of anilines is 1. The van der Waals surface area contributed by atoms with E-state index in [1.165, 1.54) is 14.0 Å². The van der Waals surface area contributed by atoms with Gasteiger partial charge in [-0.15, -0.1) is 0 Å². The molecular formula is C20H20N4O3. The molecule has 1 N–H and O–H groups in total. The fraction of sp³-hybridized carbons (Fsp3) is 0.200. The number of ketones is 1. The molecule has 0 fully saturated rings. The Bertz CT molecular complexity index is 916. The molecule has 1 aromatic heterocycles. The van der Waals surface area contributed by atoms with Crippen LogP contribution < -0.4 is 14.8 Å². The maximum Gasteiger partial charge on any atom is 0.321 e. The van der Waals surface area contributed by atoms with Crippen molar-refractivity contribution in [2.24, 2.45) is 0 Å². The van der Waals surface area contributed by atoms with E-state index in [1.54, 1.807) is 18.2 Å². The third-order valence-corrected chi connectivity index (χ3v) is 3.72. The zero-order valence-corrected chi connectivity index (χ0v) is 15.2. The molecule has 0 amide bonds. The van der Waals surface area contributed by atoms with Gasteiger partial charge in [-0.2, -0.15) is 15.0 Å². The minimum Gasteiger partial charge on any atom is -0.492 e. The summed E-state index contributed by atoms with van der Waals surface area (Å²) in [6.45, 7) is 2.48. The Hall–Kier alpha value is -3.48. The normalized spacial score (nSPS) is 10.3. The number of benzene rings is 2. The van der Waals surface area contributed by atoms with E-state index in [0.29, 0.717) is 36.1 Å². The lowest BCUT2D eigenvalue weighted by Gasteiger charge is -2.10. The highest BCUT2D eigenvalue weighted by Crippen LogP contribution is 2.20. The molecule has 0 radical (unpaired) electrons. The Labute approximate surface area is 157 Å². The summed E-state index contributed by atoms with van der Waals surface area (Å²) < 4.78 is 10.8. The third-order valence-electron chi connectivity index (χ3n) is 3.72. The molecule has 0 atom stereocenters. The van der Waals surface area contributed by atoms with Gasteiger partial charge in [-0.05, 0) is 25.1 Å². The van der Waals surface area contributed by atoms with Gasteiger partial charge in [0.2, 0.25) is 5.95 Å². The van der Waals surface area contributed by atoms with Gasteiger partial charge >= 0.3 is 6.01 Å². The number of rotatable bonds is 8. The van der Waals surface area contributed by atoms with Crippen LogP contribution in [0.3, 0.4) is 0 Å². The van der Waals surface area contributed by atoms with E-state index in [-0.39, 0.29) is 11.8 Å². The summed E-state index contributed by atoms with van der Waals surface area (Å²) in [6.07, 6.45) is 0. The summed E-state index contributed by atoms with van der Waals surface area (Å²) in [7, 11) is 1.49. The maximum absolute atomic E-state index is 11.6. The molecule has 0 aliphatic heterocycles. The smallest absolute Gasteiger partial charge is 0.321 e. The summed E-state index contributed by atoms with van der Waals surface area (Å²) >= 11 is 0. The number of Topliss-reactive ketones (excluding diaryl/α,β-unsaturated/α-hetero) is 1. The molecule has 0 aliphatic rings. The van der Waals surface area contributed by atoms with E-state index in [9.17, 15) is 4.79 Å². The molecular weight excluding hydrogens is 344 g/mol. The average Bonchev–Trinajstić information content (AvgIpc) is 2.72. The molecule has 1 heterocycles. The topological polar surface area (TPSA) is 86.2 Å². The number of methoxy groups -OCH3 is 1. The highest BCUT2D eigenvalue weighted by molar-refractivity contribution is 5.95. The number of para-hydroxylation sites is 1. The van der Waals surface area contributed by atoms with Gasteiger partial charge in [-0.3, -0.25) is 4.79 Å². The highest BCUT2D eigenvalue weighted by Gasteiger charge is 2.10. The standard InChI is InChI=1S/C20H20N4O3/c1-14(25)15-7-6-8-16(13-15)18-22-19(24-20(23-18)26-2)21-11-12-27-17-9-4-3-5-10-17/h3-10,13H,11-12H2,1-2H3,(H,21,22,23,24). The molecule has 3 aromatic rings. The minimum absolute atomic E-state index is 0.0192. The van der Waals surface area contributed by atoms with Crippen LogP contribution >= 0.6 is 0 Å². The first-order chi connectivity index (χ1) is 13.2. The molecule has 0 aliphatic carbocycles. The van der Waals surface area contributed by atoms with Crippen LogP contribution in [0.1, 0.15) is 17.3 Å². The minimum atomic E-state index is -0.0192. The van der Waals surface area contributed by atoms with Crippen LogP contribution in [-0.2, 0) is 0 Å². The number of carbonyl (C=O) groups excluding carboxylic acids is 1. The van der Waals surface area contributed by atoms with E-state index in [0.717, 1.165) is 5.75 Å². The van der Waals surface area contributed by atoms with Crippen LogP contribution in [0.15, 0.2) is 54.6 Å². The maximum atomic E-state index is 11.6. The Morgan fingerprint density at radius 2 is 1.85 bits per heavy atom. The number of ether oxygens (including phenoxy) is 2. The van der Waals surface area contributed by atoms with Crippen molar-refractivity contribution in [2.45, 2.75) is 6.92 Å². The Balaban J connectivity index is 1.71. The molecule has 0 saturated heterocycles. The largest absolute Gasteiger partial charge is 0.492 e. The monoisotopic (exact) mass is 364 g/mol. The van der Waals surface area contributed by atoms with Gasteiger partial charge in [0.05, 0.1) is 13.7 Å². The van der Waals surface area contributed by atoms with Crippen molar-refractivity contribution in [3.05, 3.63) is 60.2 Å². The Morgan fingerprint density at radius 3 is 2.59 bits per heavy atom. The number of carbonyl (C=O) groups is 1. The van der Waals surface area contributed by atoms with Crippen LogP contribution in [0.2, 0.25) is 0 Å². The summed E-state index contributed by atoms with van der Waals surface area (Å²) in [5.74, 6) is 1.58. The Kier molecular flexibility index (Phi) is 5.94. The van der Waals surface area contributed by atoms with Crippen LogP contribution in [0.25, 0.3) is 11.4 Å². The second kappa shape index (κ2) is 8.75. The van der Waals surface area contributed by atoms with E-state index in [4.69, 9.17) is 9.47 Å². The number of hydrogen-bond donors (Lipinski definition) is 1. The molecule has 7 heteroatoms. The summed E-state index contributed by atoms with van der Waals surface area (Å²) in [5.41, 5.74) is 1.31. The average molecular weight is 364 g/mol. The summed E-state index contributed by atoms with van der Waals surface area (Å²) in [4.78, 5) is 24.5. The van der Waals surface area contributed by atoms with Crippen molar-refractivity contribution >= 4 is 11.7 Å². The molecule has 138 valence electrons. The highest BCUT2D eigenvalue weighted by atomic mass is 16.5. The number of nitrogens with zero attached hydrogens (tertiary/aromatic N) is 3. The fourth-order valence-electron chi connectivity index (χ4n) is 2.38. The van der Waals surface area contributed by atoms with Crippen molar-refractivity contribution in [1.82, 2.24) is 15.0 Å². The second-order valence-electron chi connectivity index (χ2n) is 5.69. The van der Waals surface area contributed by atoms with Crippen molar-refractivity contribution in [1.29, 1.82) is 0 Å². The van der Waals surface area contributed by atoms with Gasteiger partial charge in [-0.25, -0.2) is 0 Å². The van der Waals surface area contributed by atoms with Crippen molar-refractivity contribution in [2.75, 3.05) is 25.6 Å². The van der Waals surface area contributed by atoms with Gasteiger partial charge in [0, 0.05) is 11.1 Å². The van der Waals surface area contributed by atoms with Gasteiger partial charge in [-0.1, -0.05) is 36.4 Å². The molecule has 0 bridgehead atoms. The van der Waals surface area contributed by atoms with E-state index < -0.39 is 0 Å². The van der Waals surface area contributed by atoms with Gasteiger partial charge in [0.1, 0.15) is 12.4 Å². The number of nitrogens with one attached hydrogen (secondary N) is 1. The fourth-order valence-corrected chi connectivity index (χ4v) is 2.38. The predicted octanol–water partition coefficient (Wildman–Crippen LogP) is 3.24. The third kappa shape index (κ3) is 5.01. The van der Waals surface area contributed by atoms with Gasteiger partial charge < -0.3 is 14.8 Å². The van der Waals surface area contributed by atoms with E-state index in [2.05, 4.69) is 20.3 Å². The predicted molar refractivity (Wildman–Crippen MR) is 102 cm³/mol. The molecule has 2 aromatic carbocycles. The first-order valence-electron chi connectivity index (χ1n) is 8.49. The van der Waals surface area contributed by atoms with Crippen LogP contribution in [0, 0.1) is 0 Å². The zero-order chi connectivity index (χ0) is 19.1. The molecule has 0 saturated carbocycles. The zero-order valence-electron chi connectivity index (χ0n) is 15.2. The lowest BCUT2D eigenvalue weighted by molar-refractivity contribution is 0.101. The van der Waals surface area contributed by atoms with Crippen molar-refractivity contribution < 1.29 is 14.3 Å². The first kappa shape index (κ1) is 18.3. The lowest BCUT2D eigenvalue weighted by atomic mass is 10.1. The number of hydrogen-bond acceptors (Lipinski definition) is 7. The number of aromatic nitrogens is 3. The van der Waals surface area contributed by atoms with E-state index in [1.807, 2.05) is 36.4 Å². The second-order valence-corrected chi connectivity index (χ2v) is 5.69. The molecule has 3 rings (SSSR count). The molecule has 7 nitrogen and oxygen atoms in total. The van der Waals surface area contributed by atoms with Crippen LogP contribution in [-0.4, -0.2) is 41.0 Å². The molecule has 0 unspecified atom stereocenters. The molecule has 27 heavy (non-hydrogen) atoms. The van der Waals surface area contributed by atoms with Crippen molar-refractivity contribution in [3.8, 4) is 23.1 Å². The van der Waals surface area contributed by atoms with Gasteiger partial charge in [0.25, 0.3) is 0 Å². The quantitative estimate of drug-likeness (QED) is 0.485. The Morgan fingerprint density at radius 1 is 1.04 bits per heavy atom. The van der Waals surface area contributed by atoms with Crippen molar-refractivity contribution in [3.63, 3.8) is 0 Å². The first-order valence-corrected chi connectivity index (χ1v) is 8.49. The summed E-state index contributed by atoms with van der Waals surface area (Å²) in [5, 5.41) is 3.10. The molecule has 0 spiro atoms. The summed E-state index contributed by atoms with van der Waals surface area (Å²) in [6, 6.07) is 16.9. The van der Waals surface area contributed by atoms with Crippen LogP contribution in [0.4, 0.5) is 5.95 Å². The van der Waals surface area contributed by atoms with Gasteiger partial charge in [0.15, 0.2) is 11.6 Å². The SMILES string of the molecule is COc1nc(NCCOc2ccccc2)nc(-c2cccc(C(C)=O)c2)n1. The van der Waals surface area contributed by atoms with Crippen LogP contribution in [0.5, 0.6) is 11.8 Å². The van der Waals surface area contributed by atoms with E-state index >= 15 is 0 Å². The lowest BCUT2D eigenvalue weighted by Crippen LogP contribution is -2.14.